The van der Waals surface area contributed by atoms with Crippen molar-refractivity contribution in [3.8, 4) is 0 Å². The molecule has 2 aromatic heterocycles. The zero-order chi connectivity index (χ0) is 11.0. The van der Waals surface area contributed by atoms with E-state index in [2.05, 4.69) is 16.5 Å². The summed E-state index contributed by atoms with van der Waals surface area (Å²) in [4.78, 5) is 18.9. The number of aromatic amines is 1. The van der Waals surface area contributed by atoms with E-state index in [1.165, 1.54) is 15.5 Å². The maximum atomic E-state index is 11.8. The van der Waals surface area contributed by atoms with Crippen LogP contribution in [-0.2, 0) is 13.6 Å². The number of nitrogens with one attached hydrogen (secondary N) is 1. The lowest BCUT2D eigenvalue weighted by Gasteiger charge is -2.06. The fourth-order valence-corrected chi connectivity index (χ4v) is 1.70. The predicted molar refractivity (Wildman–Crippen MR) is 60.4 cm³/mol. The molecule has 0 radical (unpaired) electrons. The van der Waals surface area contributed by atoms with Crippen LogP contribution in [0.4, 0.5) is 0 Å². The van der Waals surface area contributed by atoms with Crippen molar-refractivity contribution in [2.45, 2.75) is 6.54 Å². The van der Waals surface area contributed by atoms with Gasteiger partial charge in [0.2, 0.25) is 0 Å². The van der Waals surface area contributed by atoms with Crippen LogP contribution < -0.4 is 5.69 Å². The average Bonchev–Trinajstić information content (AvgIpc) is 2.70. The van der Waals surface area contributed by atoms with Gasteiger partial charge in [0, 0.05) is 13.6 Å². The van der Waals surface area contributed by atoms with Crippen molar-refractivity contribution < 1.29 is 0 Å². The zero-order valence-corrected chi connectivity index (χ0v) is 9.04. The van der Waals surface area contributed by atoms with Gasteiger partial charge in [0.1, 0.15) is 10.2 Å². The summed E-state index contributed by atoms with van der Waals surface area (Å²) in [6.07, 6.45) is 3.18. The molecule has 5 nitrogen and oxygen atoms in total. The Balaban J connectivity index is 3.01. The van der Waals surface area contributed by atoms with Gasteiger partial charge in [-0.05, 0) is 0 Å². The Morgan fingerprint density at radius 1 is 1.73 bits per heavy atom. The molecule has 0 saturated heterocycles. The first kappa shape index (κ1) is 9.85. The molecule has 0 saturated carbocycles. The predicted octanol–water partition coefficient (Wildman–Crippen LogP) is 0.979. The normalized spacial score (nSPS) is 10.7. The lowest BCUT2D eigenvalue weighted by molar-refractivity contribution is 0.687. The van der Waals surface area contributed by atoms with Crippen LogP contribution in [-0.4, -0.2) is 19.1 Å². The summed E-state index contributed by atoms with van der Waals surface area (Å²) in [5, 5.41) is 0. The summed E-state index contributed by atoms with van der Waals surface area (Å²) in [5.41, 5.74) is 1.09. The van der Waals surface area contributed by atoms with Crippen LogP contribution >= 0.6 is 12.2 Å². The van der Waals surface area contributed by atoms with Crippen LogP contribution in [0.5, 0.6) is 0 Å². The van der Waals surface area contributed by atoms with E-state index in [1.807, 2.05) is 0 Å². The number of fused-ring (bicyclic) bond motifs is 1. The Kier molecular flexibility index (Phi) is 2.28. The standard InChI is InChI=1S/C9H10N4OS/c1-3-4-13-7-6(10-5-11-7)8(15)12(2)9(13)14/h3,5H,1,4H2,2H3,(H,10,11). The van der Waals surface area contributed by atoms with E-state index in [0.29, 0.717) is 22.3 Å². The van der Waals surface area contributed by atoms with Gasteiger partial charge in [0.05, 0.1) is 6.33 Å². The fraction of sp³-hybridized carbons (Fsp3) is 0.222. The highest BCUT2D eigenvalue weighted by molar-refractivity contribution is 7.71. The lowest BCUT2D eigenvalue weighted by Crippen LogP contribution is -2.29. The van der Waals surface area contributed by atoms with Crippen LogP contribution in [0.3, 0.4) is 0 Å². The SMILES string of the molecule is C=CCn1c(=O)n(C)c(=S)c2[nH]cnc21. The third kappa shape index (κ3) is 1.33. The Hall–Kier alpha value is -1.69. The second-order valence-corrected chi connectivity index (χ2v) is 3.53. The molecule has 0 bridgehead atoms. The second kappa shape index (κ2) is 3.47. The van der Waals surface area contributed by atoms with Gasteiger partial charge in [-0.2, -0.15) is 0 Å². The van der Waals surface area contributed by atoms with Gasteiger partial charge < -0.3 is 4.98 Å². The third-order valence-electron chi connectivity index (χ3n) is 2.22. The Bertz CT molecular complexity index is 634. The molecule has 2 rings (SSSR count). The van der Waals surface area contributed by atoms with Crippen molar-refractivity contribution in [1.82, 2.24) is 19.1 Å². The maximum absolute atomic E-state index is 11.8. The maximum Gasteiger partial charge on any atom is 0.330 e. The quantitative estimate of drug-likeness (QED) is 0.608. The molecule has 6 heteroatoms. The fourth-order valence-electron chi connectivity index (χ4n) is 1.47. The number of allylic oxidation sites excluding steroid dienone is 1. The summed E-state index contributed by atoms with van der Waals surface area (Å²) >= 11 is 5.13. The number of hydrogen-bond donors (Lipinski definition) is 1. The molecule has 0 aliphatic heterocycles. The van der Waals surface area contributed by atoms with Gasteiger partial charge in [-0.15, -0.1) is 6.58 Å². The zero-order valence-electron chi connectivity index (χ0n) is 8.23. The third-order valence-corrected chi connectivity index (χ3v) is 2.70. The molecule has 2 aromatic rings. The first-order chi connectivity index (χ1) is 7.16. The molecule has 0 amide bonds. The molecular formula is C9H10N4OS. The molecule has 0 fully saturated rings. The van der Waals surface area contributed by atoms with Crippen molar-refractivity contribution in [2.24, 2.45) is 7.05 Å². The van der Waals surface area contributed by atoms with Crippen molar-refractivity contribution in [3.63, 3.8) is 0 Å². The van der Waals surface area contributed by atoms with Crippen molar-refractivity contribution >= 4 is 23.4 Å². The molecule has 0 aliphatic rings. The lowest BCUT2D eigenvalue weighted by atomic mass is 10.5. The molecule has 0 atom stereocenters. The summed E-state index contributed by atoms with van der Waals surface area (Å²) in [5.74, 6) is 0. The minimum Gasteiger partial charge on any atom is -0.341 e. The van der Waals surface area contributed by atoms with E-state index in [4.69, 9.17) is 12.2 Å². The monoisotopic (exact) mass is 222 g/mol. The molecule has 2 heterocycles. The van der Waals surface area contributed by atoms with Crippen LogP contribution in [0.25, 0.3) is 11.2 Å². The summed E-state index contributed by atoms with van der Waals surface area (Å²) in [7, 11) is 1.64. The van der Waals surface area contributed by atoms with E-state index in [1.54, 1.807) is 13.1 Å². The minimum absolute atomic E-state index is 0.181. The molecule has 0 spiro atoms. The largest absolute Gasteiger partial charge is 0.341 e. The van der Waals surface area contributed by atoms with Gasteiger partial charge >= 0.3 is 5.69 Å². The summed E-state index contributed by atoms with van der Waals surface area (Å²) in [6, 6.07) is 0. The Labute approximate surface area is 90.7 Å². The van der Waals surface area contributed by atoms with E-state index in [9.17, 15) is 4.79 Å². The summed E-state index contributed by atoms with van der Waals surface area (Å²) < 4.78 is 3.40. The molecule has 0 unspecified atom stereocenters. The smallest absolute Gasteiger partial charge is 0.330 e. The van der Waals surface area contributed by atoms with Crippen molar-refractivity contribution in [3.05, 3.63) is 34.1 Å². The van der Waals surface area contributed by atoms with Gasteiger partial charge in [-0.1, -0.05) is 18.3 Å². The van der Waals surface area contributed by atoms with Gasteiger partial charge in [0.15, 0.2) is 5.65 Å². The minimum atomic E-state index is -0.181. The first-order valence-electron chi connectivity index (χ1n) is 4.40. The van der Waals surface area contributed by atoms with Gasteiger partial charge in [-0.25, -0.2) is 9.78 Å². The Morgan fingerprint density at radius 2 is 2.47 bits per heavy atom. The van der Waals surface area contributed by atoms with Gasteiger partial charge in [0.25, 0.3) is 0 Å². The first-order valence-corrected chi connectivity index (χ1v) is 4.81. The van der Waals surface area contributed by atoms with Crippen LogP contribution in [0.15, 0.2) is 23.8 Å². The van der Waals surface area contributed by atoms with E-state index < -0.39 is 0 Å². The van der Waals surface area contributed by atoms with Crippen LogP contribution in [0, 0.1) is 4.64 Å². The molecule has 0 aromatic carbocycles. The Morgan fingerprint density at radius 3 is 3.13 bits per heavy atom. The van der Waals surface area contributed by atoms with Crippen molar-refractivity contribution in [1.29, 1.82) is 0 Å². The summed E-state index contributed by atoms with van der Waals surface area (Å²) in [6.45, 7) is 4.03. The number of nitrogens with zero attached hydrogens (tertiary/aromatic N) is 3. The molecule has 0 aliphatic carbocycles. The molecule has 78 valence electrons. The van der Waals surface area contributed by atoms with Crippen LogP contribution in [0.1, 0.15) is 0 Å². The highest BCUT2D eigenvalue weighted by atomic mass is 32.1. The van der Waals surface area contributed by atoms with E-state index >= 15 is 0 Å². The second-order valence-electron chi connectivity index (χ2n) is 3.15. The number of aromatic nitrogens is 4. The van der Waals surface area contributed by atoms with Crippen molar-refractivity contribution in [2.75, 3.05) is 0 Å². The average molecular weight is 222 g/mol. The van der Waals surface area contributed by atoms with Gasteiger partial charge in [-0.3, -0.25) is 9.13 Å². The number of H-pyrrole nitrogens is 1. The van der Waals surface area contributed by atoms with E-state index in [-0.39, 0.29) is 5.69 Å². The molecular weight excluding hydrogens is 212 g/mol. The molecule has 1 N–H and O–H groups in total. The highest BCUT2D eigenvalue weighted by Crippen LogP contribution is 2.07. The van der Waals surface area contributed by atoms with Crippen LogP contribution in [0.2, 0.25) is 0 Å². The highest BCUT2D eigenvalue weighted by Gasteiger charge is 2.08. The number of imidazole rings is 1. The molecule has 15 heavy (non-hydrogen) atoms. The number of hydrogen-bond acceptors (Lipinski definition) is 3. The number of rotatable bonds is 2. The van der Waals surface area contributed by atoms with E-state index in [0.717, 1.165) is 0 Å². The topological polar surface area (TPSA) is 55.6 Å².